The fourth-order valence-electron chi connectivity index (χ4n) is 4.28. The minimum Gasteiger partial charge on any atom is -0.508 e. The number of unbranched alkanes of at least 4 members (excludes halogenated alkanes) is 12. The zero-order valence-electron chi connectivity index (χ0n) is 22.1. The molecule has 2 N–H and O–H groups in total. The molecule has 0 saturated heterocycles. The monoisotopic (exact) mass is 481 g/mol. The van der Waals surface area contributed by atoms with Crippen molar-refractivity contribution in [3.63, 3.8) is 0 Å². The summed E-state index contributed by atoms with van der Waals surface area (Å²) in [4.78, 5) is 12.3. The molecule has 1 amide bonds. The molecule has 2 aromatic rings. The van der Waals surface area contributed by atoms with Gasteiger partial charge in [-0.3, -0.25) is 4.79 Å². The molecule has 0 atom stereocenters. The number of ether oxygens (including phenoxy) is 1. The van der Waals surface area contributed by atoms with Gasteiger partial charge in [-0.2, -0.15) is 0 Å². The highest BCUT2D eigenvalue weighted by atomic mass is 16.5. The minimum atomic E-state index is -0.209. The maximum Gasteiger partial charge on any atom is 0.255 e. The summed E-state index contributed by atoms with van der Waals surface area (Å²) in [5, 5.41) is 12.3. The Balaban J connectivity index is 1.42. The summed E-state index contributed by atoms with van der Waals surface area (Å²) in [5.41, 5.74) is 1.13. The third-order valence-electron chi connectivity index (χ3n) is 6.42. The smallest absolute Gasteiger partial charge is 0.255 e. The molecule has 35 heavy (non-hydrogen) atoms. The topological polar surface area (TPSA) is 58.6 Å². The number of carbonyl (C=O) groups is 1. The van der Waals surface area contributed by atoms with Gasteiger partial charge < -0.3 is 15.2 Å². The largest absolute Gasteiger partial charge is 0.508 e. The van der Waals surface area contributed by atoms with E-state index in [1.807, 2.05) is 12.1 Å². The zero-order valence-corrected chi connectivity index (χ0v) is 22.1. The molecule has 0 radical (unpaired) electrons. The van der Waals surface area contributed by atoms with Crippen molar-refractivity contribution in [2.45, 2.75) is 104 Å². The van der Waals surface area contributed by atoms with Gasteiger partial charge in [-0.1, -0.05) is 103 Å². The fraction of sp³-hybridized carbons (Fsp3) is 0.581. The van der Waals surface area contributed by atoms with E-state index in [0.29, 0.717) is 17.9 Å². The predicted molar refractivity (Wildman–Crippen MR) is 147 cm³/mol. The predicted octanol–water partition coefficient (Wildman–Crippen LogP) is 9.14. The molecule has 0 heterocycles. The van der Waals surface area contributed by atoms with E-state index in [1.165, 1.54) is 89.5 Å². The van der Waals surface area contributed by atoms with Gasteiger partial charge in [0.15, 0.2) is 0 Å². The third kappa shape index (κ3) is 13.9. The summed E-state index contributed by atoms with van der Waals surface area (Å²) in [7, 11) is 0. The maximum absolute atomic E-state index is 12.3. The number of carbonyl (C=O) groups excluding carboxylic acids is 1. The van der Waals surface area contributed by atoms with Crippen molar-refractivity contribution >= 4 is 11.6 Å². The Labute approximate surface area is 213 Å². The molecule has 0 unspecified atom stereocenters. The van der Waals surface area contributed by atoms with Crippen LogP contribution < -0.4 is 10.1 Å². The molecule has 2 rings (SSSR count). The third-order valence-corrected chi connectivity index (χ3v) is 6.42. The van der Waals surface area contributed by atoms with Crippen LogP contribution in [0.1, 0.15) is 114 Å². The number of phenols is 1. The highest BCUT2D eigenvalue weighted by Gasteiger charge is 2.07. The van der Waals surface area contributed by atoms with Crippen molar-refractivity contribution < 1.29 is 14.6 Å². The number of anilines is 1. The van der Waals surface area contributed by atoms with Gasteiger partial charge in [0.25, 0.3) is 5.91 Å². The van der Waals surface area contributed by atoms with Crippen molar-refractivity contribution in [2.24, 2.45) is 5.92 Å². The number of amides is 1. The van der Waals surface area contributed by atoms with Crippen LogP contribution in [-0.2, 0) is 0 Å². The molecule has 0 fully saturated rings. The standard InChI is InChI=1S/C31H47NO3/c1-26(2)17-14-12-10-8-6-4-3-5-7-9-11-13-15-24-35-30-22-20-27(21-23-30)31(34)32-28-18-16-19-29(33)25-28/h16,18-23,25-26,33H,3-15,17,24H2,1-2H3,(H,32,34). The Morgan fingerprint density at radius 3 is 1.86 bits per heavy atom. The fourth-order valence-corrected chi connectivity index (χ4v) is 4.28. The quantitative estimate of drug-likeness (QED) is 0.197. The highest BCUT2D eigenvalue weighted by Crippen LogP contribution is 2.18. The van der Waals surface area contributed by atoms with Gasteiger partial charge >= 0.3 is 0 Å². The summed E-state index contributed by atoms with van der Waals surface area (Å²) in [5.74, 6) is 1.57. The van der Waals surface area contributed by atoms with Crippen LogP contribution in [0.5, 0.6) is 11.5 Å². The van der Waals surface area contributed by atoms with E-state index >= 15 is 0 Å². The molecule has 0 aliphatic rings. The summed E-state index contributed by atoms with van der Waals surface area (Å²) < 4.78 is 5.83. The Kier molecular flexibility index (Phi) is 14.7. The first-order valence-corrected chi connectivity index (χ1v) is 13.9. The summed E-state index contributed by atoms with van der Waals surface area (Å²) in [6.45, 7) is 5.35. The number of nitrogens with one attached hydrogen (secondary N) is 1. The second-order valence-electron chi connectivity index (χ2n) is 10.2. The van der Waals surface area contributed by atoms with Crippen molar-refractivity contribution in [3.05, 3.63) is 54.1 Å². The lowest BCUT2D eigenvalue weighted by Gasteiger charge is -2.08. The Morgan fingerprint density at radius 2 is 1.31 bits per heavy atom. The van der Waals surface area contributed by atoms with E-state index in [-0.39, 0.29) is 11.7 Å². The summed E-state index contributed by atoms with van der Waals surface area (Å²) in [6.07, 6.45) is 18.9. The van der Waals surface area contributed by atoms with E-state index in [2.05, 4.69) is 19.2 Å². The maximum atomic E-state index is 12.3. The van der Waals surface area contributed by atoms with Crippen LogP contribution in [0.15, 0.2) is 48.5 Å². The van der Waals surface area contributed by atoms with E-state index in [1.54, 1.807) is 30.3 Å². The first-order valence-electron chi connectivity index (χ1n) is 13.9. The number of aromatic hydroxyl groups is 1. The number of phenolic OH excluding ortho intramolecular Hbond substituents is 1. The molecule has 4 heteroatoms. The molecule has 0 aliphatic carbocycles. The summed E-state index contributed by atoms with van der Waals surface area (Å²) >= 11 is 0. The van der Waals surface area contributed by atoms with Gasteiger partial charge in [-0.15, -0.1) is 0 Å². The lowest BCUT2D eigenvalue weighted by atomic mass is 10.0. The molecule has 0 aliphatic heterocycles. The normalized spacial score (nSPS) is 11.1. The second-order valence-corrected chi connectivity index (χ2v) is 10.2. The molecule has 4 nitrogen and oxygen atoms in total. The molecule has 2 aromatic carbocycles. The van der Waals surface area contributed by atoms with Crippen LogP contribution in [0.25, 0.3) is 0 Å². The minimum absolute atomic E-state index is 0.125. The molecule has 0 bridgehead atoms. The number of benzene rings is 2. The van der Waals surface area contributed by atoms with Crippen LogP contribution in [0.4, 0.5) is 5.69 Å². The average molecular weight is 482 g/mol. The van der Waals surface area contributed by atoms with Gasteiger partial charge in [0, 0.05) is 17.3 Å². The first-order chi connectivity index (χ1) is 17.0. The molecule has 0 saturated carbocycles. The van der Waals surface area contributed by atoms with E-state index in [9.17, 15) is 9.90 Å². The van der Waals surface area contributed by atoms with Crippen LogP contribution in [0, 0.1) is 5.92 Å². The number of rotatable bonds is 19. The van der Waals surface area contributed by atoms with Gasteiger partial charge in [-0.05, 0) is 48.7 Å². The lowest BCUT2D eigenvalue weighted by Crippen LogP contribution is -2.11. The van der Waals surface area contributed by atoms with Crippen LogP contribution in [0.3, 0.4) is 0 Å². The van der Waals surface area contributed by atoms with Gasteiger partial charge in [0.2, 0.25) is 0 Å². The van der Waals surface area contributed by atoms with Crippen LogP contribution in [0.2, 0.25) is 0 Å². The number of hydrogen-bond donors (Lipinski definition) is 2. The molecular weight excluding hydrogens is 434 g/mol. The lowest BCUT2D eigenvalue weighted by molar-refractivity contribution is 0.102. The van der Waals surface area contributed by atoms with Crippen molar-refractivity contribution in [3.8, 4) is 11.5 Å². The molecule has 194 valence electrons. The summed E-state index contributed by atoms with van der Waals surface area (Å²) in [6, 6.07) is 13.7. The Hall–Kier alpha value is -2.49. The second kappa shape index (κ2) is 17.9. The Bertz CT molecular complexity index is 816. The van der Waals surface area contributed by atoms with Crippen LogP contribution in [-0.4, -0.2) is 17.6 Å². The Morgan fingerprint density at radius 1 is 0.771 bits per heavy atom. The molecule has 0 aromatic heterocycles. The van der Waals surface area contributed by atoms with E-state index in [0.717, 1.165) is 18.1 Å². The highest BCUT2D eigenvalue weighted by molar-refractivity contribution is 6.04. The van der Waals surface area contributed by atoms with Gasteiger partial charge in [-0.25, -0.2) is 0 Å². The SMILES string of the molecule is CC(C)CCCCCCCCCCCCCCCOc1ccc(C(=O)Nc2cccc(O)c2)cc1. The van der Waals surface area contributed by atoms with E-state index < -0.39 is 0 Å². The van der Waals surface area contributed by atoms with Crippen molar-refractivity contribution in [1.82, 2.24) is 0 Å². The number of hydrogen-bond acceptors (Lipinski definition) is 3. The van der Waals surface area contributed by atoms with Crippen molar-refractivity contribution in [2.75, 3.05) is 11.9 Å². The molecule has 0 spiro atoms. The molecular formula is C31H47NO3. The van der Waals surface area contributed by atoms with Crippen LogP contribution >= 0.6 is 0 Å². The average Bonchev–Trinajstić information content (AvgIpc) is 2.84. The van der Waals surface area contributed by atoms with E-state index in [4.69, 9.17) is 4.74 Å². The van der Waals surface area contributed by atoms with Crippen molar-refractivity contribution in [1.29, 1.82) is 0 Å². The van der Waals surface area contributed by atoms with Gasteiger partial charge in [0.05, 0.1) is 6.61 Å². The van der Waals surface area contributed by atoms with Gasteiger partial charge in [0.1, 0.15) is 11.5 Å². The first kappa shape index (κ1) is 28.7. The zero-order chi connectivity index (χ0) is 25.1.